The van der Waals surface area contributed by atoms with Gasteiger partial charge in [0.25, 0.3) is 6.47 Å². The van der Waals surface area contributed by atoms with Gasteiger partial charge in [-0.05, 0) is 37.7 Å². The largest absolute Gasteiger partial charge is 0.466 e. The molecule has 0 bridgehead atoms. The summed E-state index contributed by atoms with van der Waals surface area (Å²) in [7, 11) is 0. The molecule has 0 aliphatic rings. The molecule has 0 radical (unpaired) electrons. The zero-order chi connectivity index (χ0) is 15.9. The number of hydrogen-bond donors (Lipinski definition) is 1. The van der Waals surface area contributed by atoms with Gasteiger partial charge < -0.3 is 10.1 Å². The van der Waals surface area contributed by atoms with Crippen LogP contribution in [-0.4, -0.2) is 29.6 Å². The van der Waals surface area contributed by atoms with Crippen LogP contribution in [0.15, 0.2) is 30.6 Å². The molecule has 6 heteroatoms. The molecule has 1 heterocycles. The van der Waals surface area contributed by atoms with Crippen molar-refractivity contribution in [3.05, 3.63) is 47.7 Å². The molecule has 116 valence electrons. The van der Waals surface area contributed by atoms with E-state index in [1.807, 2.05) is 13.8 Å². The van der Waals surface area contributed by atoms with Gasteiger partial charge in [-0.15, -0.1) is 0 Å². The second kappa shape index (κ2) is 7.61. The molecule has 0 aliphatic heterocycles. The van der Waals surface area contributed by atoms with Crippen molar-refractivity contribution < 1.29 is 13.9 Å². The lowest BCUT2D eigenvalue weighted by molar-refractivity contribution is -0.129. The molecule has 2 rings (SSSR count). The Balaban J connectivity index is 2.48. The second-order valence-electron chi connectivity index (χ2n) is 4.77. The summed E-state index contributed by atoms with van der Waals surface area (Å²) >= 11 is 0. The molecule has 5 nitrogen and oxygen atoms in total. The van der Waals surface area contributed by atoms with Gasteiger partial charge in [0.1, 0.15) is 18.8 Å². The Hall–Kier alpha value is -2.34. The van der Waals surface area contributed by atoms with Gasteiger partial charge in [0.05, 0.1) is 11.7 Å². The van der Waals surface area contributed by atoms with Gasteiger partial charge in [0.2, 0.25) is 0 Å². The molecule has 0 saturated heterocycles. The maximum absolute atomic E-state index is 13.1. The summed E-state index contributed by atoms with van der Waals surface area (Å²) in [5.41, 5.74) is 3.12. The average molecular weight is 303 g/mol. The maximum atomic E-state index is 13.1. The van der Waals surface area contributed by atoms with Crippen LogP contribution >= 0.6 is 0 Å². The van der Waals surface area contributed by atoms with Crippen LogP contribution in [-0.2, 0) is 9.53 Å². The highest BCUT2D eigenvalue weighted by atomic mass is 19.1. The lowest BCUT2D eigenvalue weighted by atomic mass is 9.98. The molecule has 0 amide bonds. The van der Waals surface area contributed by atoms with Crippen molar-refractivity contribution in [2.45, 2.75) is 19.9 Å². The van der Waals surface area contributed by atoms with Crippen LogP contribution in [0, 0.1) is 12.7 Å². The standard InChI is InChI=1S/C16H18FN3O2/c1-3-18-14(8-22-10-21)15-11(2)19-9-20-16(15)12-4-6-13(17)7-5-12/h4-7,9-10,14,18H,3,8H2,1-2H3. The van der Waals surface area contributed by atoms with Crippen molar-refractivity contribution in [1.82, 2.24) is 15.3 Å². The van der Waals surface area contributed by atoms with Gasteiger partial charge in [-0.1, -0.05) is 6.92 Å². The summed E-state index contributed by atoms with van der Waals surface area (Å²) in [6, 6.07) is 5.90. The van der Waals surface area contributed by atoms with E-state index >= 15 is 0 Å². The first-order chi connectivity index (χ1) is 10.7. The van der Waals surface area contributed by atoms with Crippen LogP contribution in [0.25, 0.3) is 11.3 Å². The van der Waals surface area contributed by atoms with Crippen LogP contribution in [0.2, 0.25) is 0 Å². The van der Waals surface area contributed by atoms with E-state index in [9.17, 15) is 9.18 Å². The fourth-order valence-corrected chi connectivity index (χ4v) is 2.36. The third kappa shape index (κ3) is 3.65. The quantitative estimate of drug-likeness (QED) is 0.796. The van der Waals surface area contributed by atoms with E-state index in [4.69, 9.17) is 4.74 Å². The monoisotopic (exact) mass is 303 g/mol. The topological polar surface area (TPSA) is 64.1 Å². The van der Waals surface area contributed by atoms with Crippen molar-refractivity contribution in [1.29, 1.82) is 0 Å². The average Bonchev–Trinajstić information content (AvgIpc) is 2.52. The summed E-state index contributed by atoms with van der Waals surface area (Å²) in [5.74, 6) is -0.302. The Morgan fingerprint density at radius 2 is 2.05 bits per heavy atom. The van der Waals surface area contributed by atoms with E-state index in [2.05, 4.69) is 15.3 Å². The molecule has 1 N–H and O–H groups in total. The number of carbonyl (C=O) groups is 1. The van der Waals surface area contributed by atoms with Crippen molar-refractivity contribution in [2.24, 2.45) is 0 Å². The van der Waals surface area contributed by atoms with Crippen LogP contribution in [0.1, 0.15) is 24.2 Å². The van der Waals surface area contributed by atoms with E-state index in [-0.39, 0.29) is 18.5 Å². The van der Waals surface area contributed by atoms with Crippen LogP contribution in [0.4, 0.5) is 4.39 Å². The van der Waals surface area contributed by atoms with Crippen molar-refractivity contribution in [3.8, 4) is 11.3 Å². The highest BCUT2D eigenvalue weighted by Crippen LogP contribution is 2.28. The van der Waals surface area contributed by atoms with Crippen molar-refractivity contribution in [2.75, 3.05) is 13.2 Å². The lowest BCUT2D eigenvalue weighted by Crippen LogP contribution is -2.27. The fourth-order valence-electron chi connectivity index (χ4n) is 2.36. The molecular formula is C16H18FN3O2. The summed E-state index contributed by atoms with van der Waals surface area (Å²) in [6.45, 7) is 5.13. The molecule has 1 aromatic carbocycles. The first-order valence-electron chi connectivity index (χ1n) is 7.03. The number of likely N-dealkylation sites (N-methyl/N-ethyl adjacent to an activating group) is 1. The summed E-state index contributed by atoms with van der Waals surface area (Å²) < 4.78 is 18.0. The number of carbonyl (C=O) groups excluding carboxylic acids is 1. The van der Waals surface area contributed by atoms with Crippen molar-refractivity contribution in [3.63, 3.8) is 0 Å². The van der Waals surface area contributed by atoms with Gasteiger partial charge >= 0.3 is 0 Å². The zero-order valence-electron chi connectivity index (χ0n) is 12.5. The van der Waals surface area contributed by atoms with E-state index in [0.29, 0.717) is 18.7 Å². The van der Waals surface area contributed by atoms with Crippen LogP contribution in [0.5, 0.6) is 0 Å². The summed E-state index contributed by atoms with van der Waals surface area (Å²) in [5, 5.41) is 3.26. The SMILES string of the molecule is CCNC(COC=O)c1c(C)ncnc1-c1ccc(F)cc1. The number of ether oxygens (including phenoxy) is 1. The highest BCUT2D eigenvalue weighted by Gasteiger charge is 2.20. The first kappa shape index (κ1) is 16.0. The Bertz CT molecular complexity index is 632. The lowest BCUT2D eigenvalue weighted by Gasteiger charge is -2.21. The Labute approximate surface area is 128 Å². The number of benzene rings is 1. The second-order valence-corrected chi connectivity index (χ2v) is 4.77. The molecule has 1 unspecified atom stereocenters. The molecule has 2 aromatic rings. The minimum atomic E-state index is -0.302. The number of aromatic nitrogens is 2. The minimum absolute atomic E-state index is 0.180. The molecule has 0 spiro atoms. The Morgan fingerprint density at radius 3 is 2.68 bits per heavy atom. The molecule has 1 atom stereocenters. The number of hydrogen-bond acceptors (Lipinski definition) is 5. The molecule has 0 aliphatic carbocycles. The highest BCUT2D eigenvalue weighted by molar-refractivity contribution is 5.64. The zero-order valence-corrected chi connectivity index (χ0v) is 12.5. The smallest absolute Gasteiger partial charge is 0.293 e. The van der Waals surface area contributed by atoms with E-state index < -0.39 is 0 Å². The number of halogens is 1. The van der Waals surface area contributed by atoms with Gasteiger partial charge in [0, 0.05) is 16.8 Å². The number of nitrogens with zero attached hydrogens (tertiary/aromatic N) is 2. The number of nitrogens with one attached hydrogen (secondary N) is 1. The third-order valence-electron chi connectivity index (χ3n) is 3.33. The number of aryl methyl sites for hydroxylation is 1. The summed E-state index contributed by atoms with van der Waals surface area (Å²) in [4.78, 5) is 19.1. The van der Waals surface area contributed by atoms with Gasteiger partial charge in [0.15, 0.2) is 0 Å². The van der Waals surface area contributed by atoms with Crippen LogP contribution in [0.3, 0.4) is 0 Å². The molecule has 0 saturated carbocycles. The van der Waals surface area contributed by atoms with E-state index in [1.54, 1.807) is 12.1 Å². The molecule has 0 fully saturated rings. The Kier molecular flexibility index (Phi) is 5.55. The minimum Gasteiger partial charge on any atom is -0.466 e. The first-order valence-corrected chi connectivity index (χ1v) is 7.03. The van der Waals surface area contributed by atoms with Gasteiger partial charge in [-0.25, -0.2) is 14.4 Å². The predicted molar refractivity (Wildman–Crippen MR) is 80.6 cm³/mol. The molecule has 22 heavy (non-hydrogen) atoms. The summed E-state index contributed by atoms with van der Waals surface area (Å²) in [6.07, 6.45) is 1.47. The maximum Gasteiger partial charge on any atom is 0.293 e. The Morgan fingerprint density at radius 1 is 1.32 bits per heavy atom. The fraction of sp³-hybridized carbons (Fsp3) is 0.312. The van der Waals surface area contributed by atoms with Crippen LogP contribution < -0.4 is 5.32 Å². The third-order valence-corrected chi connectivity index (χ3v) is 3.33. The molecule has 1 aromatic heterocycles. The normalized spacial score (nSPS) is 12.0. The van der Waals surface area contributed by atoms with Gasteiger partial charge in [-0.3, -0.25) is 4.79 Å². The number of rotatable bonds is 7. The molecular weight excluding hydrogens is 285 g/mol. The van der Waals surface area contributed by atoms with Crippen molar-refractivity contribution >= 4 is 6.47 Å². The van der Waals surface area contributed by atoms with Gasteiger partial charge in [-0.2, -0.15) is 0 Å². The van der Waals surface area contributed by atoms with E-state index in [1.165, 1.54) is 18.5 Å². The van der Waals surface area contributed by atoms with E-state index in [0.717, 1.165) is 16.8 Å². The predicted octanol–water partition coefficient (Wildman–Crippen LogP) is 2.41.